The second kappa shape index (κ2) is 6.64. The van der Waals surface area contributed by atoms with Gasteiger partial charge < -0.3 is 15.3 Å². The first-order chi connectivity index (χ1) is 11.9. The van der Waals surface area contributed by atoms with Crippen molar-refractivity contribution in [2.24, 2.45) is 0 Å². The van der Waals surface area contributed by atoms with Gasteiger partial charge in [0.1, 0.15) is 5.82 Å². The van der Waals surface area contributed by atoms with E-state index in [4.69, 9.17) is 11.6 Å². The van der Waals surface area contributed by atoms with Gasteiger partial charge in [-0.3, -0.25) is 9.59 Å². The number of likely N-dealkylation sites (N-methyl/N-ethyl adjacent to an activating group) is 1. The Morgan fingerprint density at radius 2 is 2.08 bits per heavy atom. The van der Waals surface area contributed by atoms with Gasteiger partial charge in [0.15, 0.2) is 5.75 Å². The molecular formula is C16H14ClFN4O3. The average Bonchev–Trinajstić information content (AvgIpc) is 2.85. The monoisotopic (exact) mass is 364 g/mol. The van der Waals surface area contributed by atoms with Gasteiger partial charge in [-0.05, 0) is 17.7 Å². The molecule has 25 heavy (non-hydrogen) atoms. The first kappa shape index (κ1) is 17.1. The number of halogens is 2. The van der Waals surface area contributed by atoms with Crippen LogP contribution < -0.4 is 5.32 Å². The fourth-order valence-corrected chi connectivity index (χ4v) is 2.94. The van der Waals surface area contributed by atoms with Crippen molar-refractivity contribution in [3.8, 4) is 5.75 Å². The minimum absolute atomic E-state index is 0.0196. The van der Waals surface area contributed by atoms with Crippen molar-refractivity contribution < 1.29 is 19.1 Å². The maximum absolute atomic E-state index is 13.8. The van der Waals surface area contributed by atoms with Gasteiger partial charge in [-0.1, -0.05) is 17.7 Å². The molecule has 2 aromatic rings. The molecule has 1 aromatic carbocycles. The molecule has 1 fully saturated rings. The molecule has 0 bridgehead atoms. The molecular weight excluding hydrogens is 351 g/mol. The lowest BCUT2D eigenvalue weighted by molar-refractivity contribution is -0.127. The van der Waals surface area contributed by atoms with E-state index in [1.807, 2.05) is 0 Å². The van der Waals surface area contributed by atoms with Crippen LogP contribution in [0.25, 0.3) is 0 Å². The van der Waals surface area contributed by atoms with Crippen molar-refractivity contribution in [1.82, 2.24) is 20.2 Å². The zero-order chi connectivity index (χ0) is 18.1. The van der Waals surface area contributed by atoms with Crippen molar-refractivity contribution >= 4 is 23.4 Å². The minimum atomic E-state index is -0.598. The summed E-state index contributed by atoms with van der Waals surface area (Å²) in [6.07, 6.45) is 2.26. The zero-order valence-corrected chi connectivity index (χ0v) is 13.9. The van der Waals surface area contributed by atoms with E-state index in [2.05, 4.69) is 15.3 Å². The number of likely N-dealkylation sites (tertiary alicyclic amines) is 1. The van der Waals surface area contributed by atoms with Crippen LogP contribution in [0.5, 0.6) is 5.75 Å². The number of benzene rings is 1. The van der Waals surface area contributed by atoms with Crippen LogP contribution in [0.1, 0.15) is 28.6 Å². The van der Waals surface area contributed by atoms with Crippen molar-refractivity contribution in [1.29, 1.82) is 0 Å². The van der Waals surface area contributed by atoms with Gasteiger partial charge in [0, 0.05) is 13.5 Å². The maximum Gasteiger partial charge on any atom is 0.289 e. The fraction of sp³-hybridized carbons (Fsp3) is 0.250. The predicted octanol–water partition coefficient (Wildman–Crippen LogP) is 1.68. The number of carbonyl (C=O) groups excluding carboxylic acids is 2. The zero-order valence-electron chi connectivity index (χ0n) is 13.1. The number of aromatic nitrogens is 2. The Kier molecular flexibility index (Phi) is 4.54. The molecule has 2 heterocycles. The minimum Gasteiger partial charge on any atom is -0.505 e. The third kappa shape index (κ3) is 3.39. The number of hydrogen-bond acceptors (Lipinski definition) is 5. The van der Waals surface area contributed by atoms with Crippen molar-refractivity contribution in [3.05, 3.63) is 52.8 Å². The Balaban J connectivity index is 1.85. The summed E-state index contributed by atoms with van der Waals surface area (Å²) < 4.78 is 13.8. The van der Waals surface area contributed by atoms with Crippen molar-refractivity contribution in [3.63, 3.8) is 0 Å². The molecule has 1 aromatic heterocycles. The Morgan fingerprint density at radius 3 is 2.72 bits per heavy atom. The van der Waals surface area contributed by atoms with Crippen LogP contribution in [0.15, 0.2) is 30.6 Å². The molecule has 2 amide bonds. The lowest BCUT2D eigenvalue weighted by atomic mass is 10.00. The van der Waals surface area contributed by atoms with Crippen LogP contribution in [0.4, 0.5) is 4.39 Å². The highest BCUT2D eigenvalue weighted by Gasteiger charge is 2.40. The number of carbonyl (C=O) groups is 2. The lowest BCUT2D eigenvalue weighted by Gasteiger charge is -2.26. The summed E-state index contributed by atoms with van der Waals surface area (Å²) in [5, 5.41) is 11.9. The van der Waals surface area contributed by atoms with Crippen LogP contribution >= 0.6 is 11.6 Å². The molecule has 0 aliphatic carbocycles. The fourth-order valence-electron chi connectivity index (χ4n) is 2.82. The summed E-state index contributed by atoms with van der Waals surface area (Å²) in [6, 6.07) is 3.15. The molecule has 1 aliphatic rings. The Morgan fingerprint density at radius 1 is 1.40 bits per heavy atom. The second-order valence-electron chi connectivity index (χ2n) is 5.67. The molecule has 0 spiro atoms. The van der Waals surface area contributed by atoms with Gasteiger partial charge in [0.25, 0.3) is 5.91 Å². The van der Waals surface area contributed by atoms with Gasteiger partial charge >= 0.3 is 0 Å². The molecule has 7 nitrogen and oxygen atoms in total. The number of nitrogens with zero attached hydrogens (tertiary/aromatic N) is 3. The predicted molar refractivity (Wildman–Crippen MR) is 86.5 cm³/mol. The Bertz CT molecular complexity index is 831. The SMILES string of the molecule is CN1C(=O)C[C@H](NC(=O)c2ncc(O)cn2)[C@H]1c1ccc(Cl)c(F)c1. The summed E-state index contributed by atoms with van der Waals surface area (Å²) in [4.78, 5) is 33.3. The number of rotatable bonds is 3. The molecule has 130 valence electrons. The topological polar surface area (TPSA) is 95.4 Å². The van der Waals surface area contributed by atoms with Gasteiger partial charge in [-0.15, -0.1) is 0 Å². The van der Waals surface area contributed by atoms with E-state index in [-0.39, 0.29) is 28.9 Å². The smallest absolute Gasteiger partial charge is 0.289 e. The Hall–Kier alpha value is -2.74. The van der Waals surface area contributed by atoms with Gasteiger partial charge in [0.2, 0.25) is 11.7 Å². The first-order valence-corrected chi connectivity index (χ1v) is 7.77. The lowest BCUT2D eigenvalue weighted by Crippen LogP contribution is -2.39. The van der Waals surface area contributed by atoms with Crippen LogP contribution in [0, 0.1) is 5.82 Å². The standard InChI is InChI=1S/C16H14ClFN4O3/c1-22-13(24)5-12(14(22)8-2-3-10(17)11(18)4-8)21-16(25)15-19-6-9(23)7-20-15/h2-4,6-7,12,14,23H,5H2,1H3,(H,21,25)/t12-,14+/m0/s1. The first-order valence-electron chi connectivity index (χ1n) is 7.39. The third-order valence-electron chi connectivity index (χ3n) is 4.03. The van der Waals surface area contributed by atoms with E-state index in [1.54, 1.807) is 13.1 Å². The normalized spacial score (nSPS) is 20.0. The van der Waals surface area contributed by atoms with E-state index < -0.39 is 23.8 Å². The maximum atomic E-state index is 13.8. The largest absolute Gasteiger partial charge is 0.505 e. The van der Waals surface area contributed by atoms with Gasteiger partial charge in [-0.25, -0.2) is 14.4 Å². The quantitative estimate of drug-likeness (QED) is 0.863. The molecule has 3 rings (SSSR count). The molecule has 0 unspecified atom stereocenters. The van der Waals surface area contributed by atoms with Crippen LogP contribution in [0.2, 0.25) is 5.02 Å². The van der Waals surface area contributed by atoms with Gasteiger partial charge in [-0.2, -0.15) is 0 Å². The number of hydrogen-bond donors (Lipinski definition) is 2. The van der Waals surface area contributed by atoms with Crippen LogP contribution in [-0.2, 0) is 4.79 Å². The Labute approximate surface area is 147 Å². The highest BCUT2D eigenvalue weighted by Crippen LogP contribution is 2.33. The van der Waals surface area contributed by atoms with E-state index in [0.717, 1.165) is 12.4 Å². The summed E-state index contributed by atoms with van der Waals surface area (Å²) >= 11 is 5.70. The second-order valence-corrected chi connectivity index (χ2v) is 6.08. The van der Waals surface area contributed by atoms with Crippen molar-refractivity contribution in [2.75, 3.05) is 7.05 Å². The summed E-state index contributed by atoms with van der Waals surface area (Å²) in [6.45, 7) is 0. The summed E-state index contributed by atoms with van der Waals surface area (Å²) in [7, 11) is 1.59. The average molecular weight is 365 g/mol. The van der Waals surface area contributed by atoms with E-state index in [9.17, 15) is 19.1 Å². The van der Waals surface area contributed by atoms with E-state index in [0.29, 0.717) is 5.56 Å². The molecule has 1 saturated heterocycles. The van der Waals surface area contributed by atoms with E-state index in [1.165, 1.54) is 17.0 Å². The molecule has 0 radical (unpaired) electrons. The van der Waals surface area contributed by atoms with Gasteiger partial charge in [0.05, 0.1) is 29.5 Å². The molecule has 2 atom stereocenters. The van der Waals surface area contributed by atoms with Crippen LogP contribution in [0.3, 0.4) is 0 Å². The molecule has 0 saturated carbocycles. The number of nitrogens with one attached hydrogen (secondary N) is 1. The molecule has 2 N–H and O–H groups in total. The highest BCUT2D eigenvalue weighted by molar-refractivity contribution is 6.30. The van der Waals surface area contributed by atoms with Crippen molar-refractivity contribution in [2.45, 2.75) is 18.5 Å². The summed E-state index contributed by atoms with van der Waals surface area (Å²) in [5.74, 6) is -1.67. The van der Waals surface area contributed by atoms with E-state index >= 15 is 0 Å². The number of amides is 2. The summed E-state index contributed by atoms with van der Waals surface area (Å²) in [5.41, 5.74) is 0.521. The number of aromatic hydroxyl groups is 1. The third-order valence-corrected chi connectivity index (χ3v) is 4.34. The molecule has 9 heteroatoms. The highest BCUT2D eigenvalue weighted by atomic mass is 35.5. The van der Waals surface area contributed by atoms with Crippen LogP contribution in [-0.4, -0.2) is 44.9 Å². The molecule has 1 aliphatic heterocycles.